The summed E-state index contributed by atoms with van der Waals surface area (Å²) in [5, 5.41) is 4.57. The van der Waals surface area contributed by atoms with E-state index in [0.29, 0.717) is 5.95 Å². The molecule has 0 bridgehead atoms. The number of hydrogen-bond donors (Lipinski definition) is 1. The maximum atomic E-state index is 6.22. The largest absolute Gasteiger partial charge is 0.369 e. The molecular formula is C14H23N5. The first-order valence-electron chi connectivity index (χ1n) is 7.28. The van der Waals surface area contributed by atoms with Crippen LogP contribution in [0.1, 0.15) is 51.6 Å². The van der Waals surface area contributed by atoms with Gasteiger partial charge in [0.2, 0.25) is 5.95 Å². The van der Waals surface area contributed by atoms with Gasteiger partial charge in [-0.1, -0.05) is 19.3 Å². The van der Waals surface area contributed by atoms with Crippen LogP contribution in [0.3, 0.4) is 0 Å². The predicted molar refractivity (Wildman–Crippen MR) is 77.1 cm³/mol. The van der Waals surface area contributed by atoms with Crippen LogP contribution in [0.5, 0.6) is 0 Å². The molecule has 0 amide bonds. The Labute approximate surface area is 113 Å². The first-order valence-corrected chi connectivity index (χ1v) is 7.28. The zero-order chi connectivity index (χ0) is 13.6. The zero-order valence-corrected chi connectivity index (χ0v) is 12.1. The zero-order valence-electron chi connectivity index (χ0n) is 12.1. The Kier molecular flexibility index (Phi) is 2.80. The standard InChI is InChI=1S/C14H23N5/c1-4-18-12-11(10(2)17-18)16-13(15)19(12)14(3)8-6-5-7-9-14/h4-9H2,1-3H3,(H2,15,16). The summed E-state index contributed by atoms with van der Waals surface area (Å²) in [5.74, 6) is 0.641. The van der Waals surface area contributed by atoms with Crippen molar-refractivity contribution in [2.75, 3.05) is 5.73 Å². The topological polar surface area (TPSA) is 61.7 Å². The molecule has 0 atom stereocenters. The summed E-state index contributed by atoms with van der Waals surface area (Å²) in [5.41, 5.74) is 9.35. The Morgan fingerprint density at radius 3 is 2.58 bits per heavy atom. The third kappa shape index (κ3) is 1.75. The summed E-state index contributed by atoms with van der Waals surface area (Å²) < 4.78 is 4.28. The van der Waals surface area contributed by atoms with Crippen molar-refractivity contribution in [2.45, 2.75) is 65.0 Å². The Hall–Kier alpha value is -1.52. The minimum absolute atomic E-state index is 0.0937. The van der Waals surface area contributed by atoms with Gasteiger partial charge < -0.3 is 5.73 Å². The van der Waals surface area contributed by atoms with Gasteiger partial charge in [0.15, 0.2) is 5.65 Å². The van der Waals surface area contributed by atoms with Crippen molar-refractivity contribution < 1.29 is 0 Å². The van der Waals surface area contributed by atoms with Crippen LogP contribution in [0.25, 0.3) is 11.2 Å². The van der Waals surface area contributed by atoms with Crippen molar-refractivity contribution in [1.29, 1.82) is 0 Å². The number of fused-ring (bicyclic) bond motifs is 1. The van der Waals surface area contributed by atoms with Gasteiger partial charge in [0.05, 0.1) is 5.69 Å². The van der Waals surface area contributed by atoms with Crippen LogP contribution in [0, 0.1) is 6.92 Å². The summed E-state index contributed by atoms with van der Waals surface area (Å²) in [6, 6.07) is 0. The van der Waals surface area contributed by atoms with Crippen molar-refractivity contribution in [3.63, 3.8) is 0 Å². The molecule has 3 rings (SSSR count). The van der Waals surface area contributed by atoms with Crippen molar-refractivity contribution >= 4 is 17.1 Å². The molecule has 1 aliphatic carbocycles. The lowest BCUT2D eigenvalue weighted by molar-refractivity contribution is 0.225. The molecule has 0 saturated heterocycles. The Morgan fingerprint density at radius 1 is 1.26 bits per heavy atom. The molecule has 2 N–H and O–H groups in total. The minimum Gasteiger partial charge on any atom is -0.369 e. The van der Waals surface area contributed by atoms with Crippen LogP contribution in [0.2, 0.25) is 0 Å². The maximum Gasteiger partial charge on any atom is 0.203 e. The van der Waals surface area contributed by atoms with E-state index >= 15 is 0 Å². The Bertz CT molecular complexity index is 601. The lowest BCUT2D eigenvalue weighted by Gasteiger charge is -2.36. The Morgan fingerprint density at radius 2 is 1.95 bits per heavy atom. The van der Waals surface area contributed by atoms with Crippen molar-refractivity contribution in [3.05, 3.63) is 5.69 Å². The monoisotopic (exact) mass is 261 g/mol. The van der Waals surface area contributed by atoms with Crippen LogP contribution >= 0.6 is 0 Å². The predicted octanol–water partition coefficient (Wildman–Crippen LogP) is 2.82. The van der Waals surface area contributed by atoms with E-state index in [0.717, 1.165) is 23.4 Å². The molecule has 2 aromatic rings. The van der Waals surface area contributed by atoms with Crippen LogP contribution in [0.15, 0.2) is 0 Å². The second-order valence-corrected chi connectivity index (χ2v) is 5.94. The number of nitrogens with zero attached hydrogens (tertiary/aromatic N) is 4. The van der Waals surface area contributed by atoms with Gasteiger partial charge in [-0.05, 0) is 33.6 Å². The molecule has 1 fully saturated rings. The lowest BCUT2D eigenvalue weighted by atomic mass is 9.83. The lowest BCUT2D eigenvalue weighted by Crippen LogP contribution is -2.34. The molecule has 1 aliphatic rings. The van der Waals surface area contributed by atoms with E-state index in [1.165, 1.54) is 32.1 Å². The number of hydrogen-bond acceptors (Lipinski definition) is 3. The highest BCUT2D eigenvalue weighted by atomic mass is 15.4. The fourth-order valence-corrected chi connectivity index (χ4v) is 3.47. The van der Waals surface area contributed by atoms with E-state index in [1.807, 2.05) is 11.6 Å². The first kappa shape index (κ1) is 12.5. The van der Waals surface area contributed by atoms with Gasteiger partial charge in [0.1, 0.15) is 5.52 Å². The second kappa shape index (κ2) is 4.25. The third-order valence-electron chi connectivity index (χ3n) is 4.51. The Balaban J connectivity index is 2.24. The van der Waals surface area contributed by atoms with Crippen LogP contribution in [-0.2, 0) is 12.1 Å². The highest BCUT2D eigenvalue weighted by molar-refractivity contribution is 5.78. The number of anilines is 1. The molecule has 0 aromatic carbocycles. The summed E-state index contributed by atoms with van der Waals surface area (Å²) in [4.78, 5) is 4.56. The van der Waals surface area contributed by atoms with Crippen LogP contribution in [0.4, 0.5) is 5.95 Å². The quantitative estimate of drug-likeness (QED) is 0.904. The molecule has 0 aliphatic heterocycles. The van der Waals surface area contributed by atoms with Crippen LogP contribution in [-0.4, -0.2) is 19.3 Å². The number of nitrogen functional groups attached to an aromatic ring is 1. The van der Waals surface area contributed by atoms with Gasteiger partial charge in [-0.25, -0.2) is 9.67 Å². The van der Waals surface area contributed by atoms with E-state index in [1.54, 1.807) is 0 Å². The molecule has 0 unspecified atom stereocenters. The first-order chi connectivity index (χ1) is 9.07. The fraction of sp³-hybridized carbons (Fsp3) is 0.714. The molecule has 0 spiro atoms. The summed E-state index contributed by atoms with van der Waals surface area (Å²) in [6.45, 7) is 7.29. The minimum atomic E-state index is 0.0937. The van der Waals surface area contributed by atoms with Gasteiger partial charge in [0.25, 0.3) is 0 Å². The third-order valence-corrected chi connectivity index (χ3v) is 4.51. The highest BCUT2D eigenvalue weighted by Gasteiger charge is 2.33. The SMILES string of the molecule is CCn1nc(C)c2nc(N)n(C3(C)CCCCC3)c21. The average Bonchev–Trinajstić information content (AvgIpc) is 2.87. The normalized spacial score (nSPS) is 19.1. The molecule has 5 nitrogen and oxygen atoms in total. The van der Waals surface area contributed by atoms with E-state index in [2.05, 4.69) is 28.5 Å². The number of aryl methyl sites for hydroxylation is 2. The molecular weight excluding hydrogens is 238 g/mol. The average molecular weight is 261 g/mol. The number of rotatable bonds is 2. The van der Waals surface area contributed by atoms with E-state index in [4.69, 9.17) is 5.73 Å². The van der Waals surface area contributed by atoms with E-state index in [-0.39, 0.29) is 5.54 Å². The highest BCUT2D eigenvalue weighted by Crippen LogP contribution is 2.39. The van der Waals surface area contributed by atoms with Crippen molar-refractivity contribution in [1.82, 2.24) is 19.3 Å². The number of aromatic nitrogens is 4. The van der Waals surface area contributed by atoms with E-state index < -0.39 is 0 Å². The van der Waals surface area contributed by atoms with Gasteiger partial charge in [0, 0.05) is 12.1 Å². The van der Waals surface area contributed by atoms with Crippen LogP contribution < -0.4 is 5.73 Å². The van der Waals surface area contributed by atoms with Gasteiger partial charge in [-0.15, -0.1) is 0 Å². The molecule has 104 valence electrons. The number of imidazole rings is 1. The summed E-state index contributed by atoms with van der Waals surface area (Å²) >= 11 is 0. The molecule has 2 heterocycles. The van der Waals surface area contributed by atoms with E-state index in [9.17, 15) is 0 Å². The number of nitrogens with two attached hydrogens (primary N) is 1. The maximum absolute atomic E-state index is 6.22. The van der Waals surface area contributed by atoms with Crippen molar-refractivity contribution in [3.8, 4) is 0 Å². The molecule has 1 saturated carbocycles. The fourth-order valence-electron chi connectivity index (χ4n) is 3.47. The molecule has 19 heavy (non-hydrogen) atoms. The van der Waals surface area contributed by atoms with Gasteiger partial charge >= 0.3 is 0 Å². The van der Waals surface area contributed by atoms with Gasteiger partial charge in [-0.2, -0.15) is 5.10 Å². The smallest absolute Gasteiger partial charge is 0.203 e. The molecule has 5 heteroatoms. The van der Waals surface area contributed by atoms with Crippen molar-refractivity contribution in [2.24, 2.45) is 0 Å². The molecule has 2 aromatic heterocycles. The molecule has 0 radical (unpaired) electrons. The summed E-state index contributed by atoms with van der Waals surface area (Å²) in [7, 11) is 0. The van der Waals surface area contributed by atoms with Gasteiger partial charge in [-0.3, -0.25) is 4.57 Å². The summed E-state index contributed by atoms with van der Waals surface area (Å²) in [6.07, 6.45) is 6.23. The second-order valence-electron chi connectivity index (χ2n) is 5.94.